The van der Waals surface area contributed by atoms with Gasteiger partial charge in [-0.25, -0.2) is 13.1 Å². The van der Waals surface area contributed by atoms with Crippen LogP contribution in [0.5, 0.6) is 0 Å². The summed E-state index contributed by atoms with van der Waals surface area (Å²) in [6.07, 6.45) is 2.18. The summed E-state index contributed by atoms with van der Waals surface area (Å²) in [6.45, 7) is 2.08. The molecule has 8 heteroatoms. The normalized spacial score (nSPS) is 13.8. The molecule has 98 valence electrons. The van der Waals surface area contributed by atoms with Crippen molar-refractivity contribution in [1.29, 1.82) is 0 Å². The van der Waals surface area contributed by atoms with Crippen molar-refractivity contribution in [3.05, 3.63) is 14.7 Å². The van der Waals surface area contributed by atoms with E-state index in [0.29, 0.717) is 23.6 Å². The summed E-state index contributed by atoms with van der Waals surface area (Å²) in [5.74, 6) is 0.509. The third-order valence-corrected chi connectivity index (χ3v) is 6.17. The Labute approximate surface area is 116 Å². The number of nitrogens with one attached hydrogen (secondary N) is 1. The molecule has 0 amide bonds. The molecule has 0 radical (unpaired) electrons. The second-order valence-electron chi connectivity index (χ2n) is 3.50. The summed E-state index contributed by atoms with van der Waals surface area (Å²) < 4.78 is 37.9. The number of aryl methyl sites for hydroxylation is 1. The first-order chi connectivity index (χ1) is 7.83. The van der Waals surface area contributed by atoms with Crippen molar-refractivity contribution in [1.82, 2.24) is 4.72 Å². The maximum absolute atomic E-state index is 11.9. The highest BCUT2D eigenvalue weighted by Crippen LogP contribution is 2.29. The van der Waals surface area contributed by atoms with Crippen molar-refractivity contribution < 1.29 is 12.6 Å². The highest BCUT2D eigenvalue weighted by Gasteiger charge is 2.18. The summed E-state index contributed by atoms with van der Waals surface area (Å²) >= 11 is 4.65. The molecule has 1 heterocycles. The molecule has 1 rings (SSSR count). The minimum atomic E-state index is -3.44. The third-order valence-electron chi connectivity index (χ3n) is 2.03. The Morgan fingerprint density at radius 3 is 2.65 bits per heavy atom. The molecule has 0 saturated carbocycles. The second kappa shape index (κ2) is 6.42. The van der Waals surface area contributed by atoms with Crippen LogP contribution in [-0.4, -0.2) is 31.2 Å². The van der Waals surface area contributed by atoms with E-state index in [9.17, 15) is 12.6 Å². The smallest absolute Gasteiger partial charge is 0.241 e. The molecular formula is C9H14BrNO3S3. The van der Waals surface area contributed by atoms with Gasteiger partial charge in [-0.3, -0.25) is 4.21 Å². The fraction of sp³-hybridized carbons (Fsp3) is 0.556. The van der Waals surface area contributed by atoms with E-state index in [1.807, 2.05) is 0 Å². The lowest BCUT2D eigenvalue weighted by molar-refractivity contribution is 0.580. The molecule has 0 bridgehead atoms. The minimum absolute atomic E-state index is 0.312. The molecule has 0 aromatic carbocycles. The second-order valence-corrected chi connectivity index (χ2v) is 9.43. The standard InChI is InChI=1S/C9H14BrNO3S3/c1-7-8(6-9(10)15-7)17(13,14)11-4-3-5-16(2)12/h6,11H,3-5H2,1-2H3. The highest BCUT2D eigenvalue weighted by atomic mass is 79.9. The number of sulfonamides is 1. The Hall–Kier alpha value is 0.240. The summed E-state index contributed by atoms with van der Waals surface area (Å²) in [5.41, 5.74) is 0. The molecule has 1 aromatic heterocycles. The van der Waals surface area contributed by atoms with Gasteiger partial charge in [0.05, 0.1) is 8.68 Å². The van der Waals surface area contributed by atoms with Gasteiger partial charge in [0.2, 0.25) is 10.0 Å². The lowest BCUT2D eigenvalue weighted by Crippen LogP contribution is -2.25. The first-order valence-corrected chi connectivity index (χ1v) is 9.70. The molecule has 0 aliphatic heterocycles. The SMILES string of the molecule is Cc1sc(Br)cc1S(=O)(=O)NCCCS(C)=O. The molecular weight excluding hydrogens is 346 g/mol. The van der Waals surface area contributed by atoms with Crippen LogP contribution in [0.1, 0.15) is 11.3 Å². The van der Waals surface area contributed by atoms with Crippen LogP contribution in [0.25, 0.3) is 0 Å². The number of thiophene rings is 1. The monoisotopic (exact) mass is 359 g/mol. The Morgan fingerprint density at radius 1 is 1.53 bits per heavy atom. The molecule has 1 unspecified atom stereocenters. The topological polar surface area (TPSA) is 63.2 Å². The molecule has 1 aromatic rings. The van der Waals surface area contributed by atoms with Gasteiger partial charge in [0.15, 0.2) is 0 Å². The van der Waals surface area contributed by atoms with Crippen molar-refractivity contribution in [3.63, 3.8) is 0 Å². The zero-order valence-corrected chi connectivity index (χ0v) is 13.6. The summed E-state index contributed by atoms with van der Waals surface area (Å²) in [5, 5.41) is 0. The Kier molecular flexibility index (Phi) is 5.78. The molecule has 1 N–H and O–H groups in total. The maximum Gasteiger partial charge on any atom is 0.241 e. The lowest BCUT2D eigenvalue weighted by Gasteiger charge is -2.05. The van der Waals surface area contributed by atoms with Crippen LogP contribution in [0.4, 0.5) is 0 Å². The predicted octanol–water partition coefficient (Wildman–Crippen LogP) is 1.87. The van der Waals surface area contributed by atoms with Crippen molar-refractivity contribution in [3.8, 4) is 0 Å². The molecule has 0 saturated heterocycles. The van der Waals surface area contributed by atoms with E-state index in [4.69, 9.17) is 0 Å². The molecule has 17 heavy (non-hydrogen) atoms. The van der Waals surface area contributed by atoms with E-state index < -0.39 is 20.8 Å². The molecule has 0 aliphatic carbocycles. The predicted molar refractivity (Wildman–Crippen MR) is 75.5 cm³/mol. The van der Waals surface area contributed by atoms with Crippen LogP contribution in [-0.2, 0) is 20.8 Å². The maximum atomic E-state index is 11.9. The van der Waals surface area contributed by atoms with Gasteiger partial charge in [-0.1, -0.05) is 0 Å². The van der Waals surface area contributed by atoms with Gasteiger partial charge in [-0.15, -0.1) is 11.3 Å². The molecule has 4 nitrogen and oxygen atoms in total. The molecule has 0 aliphatic rings. The van der Waals surface area contributed by atoms with Crippen molar-refractivity contribution in [2.75, 3.05) is 18.6 Å². The van der Waals surface area contributed by atoms with E-state index in [-0.39, 0.29) is 0 Å². The van der Waals surface area contributed by atoms with Crippen LogP contribution < -0.4 is 4.72 Å². The van der Waals surface area contributed by atoms with Gasteiger partial charge in [0.25, 0.3) is 0 Å². The van der Waals surface area contributed by atoms with E-state index in [1.165, 1.54) is 11.3 Å². The van der Waals surface area contributed by atoms with Crippen molar-refractivity contribution in [2.24, 2.45) is 0 Å². The quantitative estimate of drug-likeness (QED) is 0.788. The summed E-state index contributed by atoms with van der Waals surface area (Å²) in [7, 11) is -4.32. The highest BCUT2D eigenvalue weighted by molar-refractivity contribution is 9.11. The summed E-state index contributed by atoms with van der Waals surface area (Å²) in [4.78, 5) is 1.07. The third kappa shape index (κ3) is 4.78. The van der Waals surface area contributed by atoms with Crippen molar-refractivity contribution >= 4 is 48.1 Å². The number of halogens is 1. The van der Waals surface area contributed by atoms with E-state index in [1.54, 1.807) is 19.2 Å². The van der Waals surface area contributed by atoms with Crippen LogP contribution in [0.15, 0.2) is 14.7 Å². The average Bonchev–Trinajstić information content (AvgIpc) is 2.53. The van der Waals surface area contributed by atoms with Gasteiger partial charge in [-0.2, -0.15) is 0 Å². The van der Waals surface area contributed by atoms with Gasteiger partial charge in [0, 0.05) is 34.2 Å². The van der Waals surface area contributed by atoms with E-state index >= 15 is 0 Å². The van der Waals surface area contributed by atoms with Crippen LogP contribution in [0, 0.1) is 6.92 Å². The van der Waals surface area contributed by atoms with Crippen molar-refractivity contribution in [2.45, 2.75) is 18.2 Å². The zero-order valence-electron chi connectivity index (χ0n) is 9.53. The molecule has 0 fully saturated rings. The number of hydrogen-bond donors (Lipinski definition) is 1. The zero-order chi connectivity index (χ0) is 13.1. The lowest BCUT2D eigenvalue weighted by atomic mass is 10.5. The van der Waals surface area contributed by atoms with Crippen LogP contribution >= 0.6 is 27.3 Å². The Morgan fingerprint density at radius 2 is 2.18 bits per heavy atom. The number of hydrogen-bond acceptors (Lipinski definition) is 4. The minimum Gasteiger partial charge on any atom is -0.260 e. The first-order valence-electron chi connectivity index (χ1n) is 4.88. The van der Waals surface area contributed by atoms with Gasteiger partial charge in [-0.05, 0) is 35.3 Å². The van der Waals surface area contributed by atoms with Gasteiger partial charge >= 0.3 is 0 Å². The average molecular weight is 360 g/mol. The largest absolute Gasteiger partial charge is 0.260 e. The Bertz CT molecular complexity index is 510. The van der Waals surface area contributed by atoms with E-state index in [2.05, 4.69) is 20.7 Å². The van der Waals surface area contributed by atoms with Crippen LogP contribution in [0.2, 0.25) is 0 Å². The number of rotatable bonds is 6. The fourth-order valence-corrected chi connectivity index (χ4v) is 5.29. The fourth-order valence-electron chi connectivity index (χ4n) is 1.26. The summed E-state index contributed by atoms with van der Waals surface area (Å²) in [6, 6.07) is 1.60. The van der Waals surface area contributed by atoms with E-state index in [0.717, 1.165) is 8.66 Å². The molecule has 0 spiro atoms. The van der Waals surface area contributed by atoms with Gasteiger partial charge in [0.1, 0.15) is 0 Å². The Balaban J connectivity index is 2.63. The van der Waals surface area contributed by atoms with Gasteiger partial charge < -0.3 is 0 Å². The van der Waals surface area contributed by atoms with Crippen LogP contribution in [0.3, 0.4) is 0 Å². The first kappa shape index (κ1) is 15.3. The molecule has 1 atom stereocenters.